The van der Waals surface area contributed by atoms with E-state index in [4.69, 9.17) is 4.42 Å². The van der Waals surface area contributed by atoms with Crippen molar-refractivity contribution in [3.05, 3.63) is 60.1 Å². The van der Waals surface area contributed by atoms with Crippen LogP contribution < -0.4 is 10.6 Å². The highest BCUT2D eigenvalue weighted by molar-refractivity contribution is 6.04. The molecule has 0 fully saturated rings. The standard InChI is InChI=1S/C16H14N2O/c1-10-8-9-14(19-10)16-17-12-6-2-4-11-5-3-7-13(18-16)15(11)12/h2-9,16-18H,1H3. The highest BCUT2D eigenvalue weighted by Crippen LogP contribution is 2.38. The quantitative estimate of drug-likeness (QED) is 0.677. The minimum Gasteiger partial charge on any atom is -0.462 e. The molecule has 94 valence electrons. The van der Waals surface area contributed by atoms with Gasteiger partial charge in [0.15, 0.2) is 6.17 Å². The van der Waals surface area contributed by atoms with E-state index in [-0.39, 0.29) is 6.17 Å². The minimum atomic E-state index is -0.0193. The zero-order chi connectivity index (χ0) is 12.8. The third-order valence-electron chi connectivity index (χ3n) is 3.55. The molecule has 2 N–H and O–H groups in total. The molecule has 0 amide bonds. The average Bonchev–Trinajstić information content (AvgIpc) is 2.86. The highest BCUT2D eigenvalue weighted by atomic mass is 16.3. The van der Waals surface area contributed by atoms with Crippen molar-refractivity contribution in [1.29, 1.82) is 0 Å². The van der Waals surface area contributed by atoms with Gasteiger partial charge in [-0.25, -0.2) is 0 Å². The topological polar surface area (TPSA) is 37.2 Å². The Bertz CT molecular complexity index is 720. The van der Waals surface area contributed by atoms with Gasteiger partial charge in [-0.2, -0.15) is 0 Å². The monoisotopic (exact) mass is 250 g/mol. The van der Waals surface area contributed by atoms with E-state index in [1.807, 2.05) is 19.1 Å². The second-order valence-electron chi connectivity index (χ2n) is 4.88. The molecule has 1 aliphatic heterocycles. The van der Waals surface area contributed by atoms with Crippen molar-refractivity contribution in [1.82, 2.24) is 0 Å². The molecule has 0 bridgehead atoms. The summed E-state index contributed by atoms with van der Waals surface area (Å²) in [4.78, 5) is 0. The molecular formula is C16H14N2O. The summed E-state index contributed by atoms with van der Waals surface area (Å²) in [5.41, 5.74) is 2.29. The van der Waals surface area contributed by atoms with Gasteiger partial charge >= 0.3 is 0 Å². The van der Waals surface area contributed by atoms with Crippen LogP contribution in [-0.2, 0) is 0 Å². The summed E-state index contributed by atoms with van der Waals surface area (Å²) in [6, 6.07) is 16.6. The predicted octanol–water partition coefficient (Wildman–Crippen LogP) is 4.28. The maximum atomic E-state index is 5.71. The third kappa shape index (κ3) is 1.58. The summed E-state index contributed by atoms with van der Waals surface area (Å²) in [5, 5.41) is 9.45. The molecule has 4 rings (SSSR count). The fourth-order valence-corrected chi connectivity index (χ4v) is 2.68. The van der Waals surface area contributed by atoms with Crippen molar-refractivity contribution in [3.63, 3.8) is 0 Å². The van der Waals surface area contributed by atoms with Gasteiger partial charge in [-0.3, -0.25) is 0 Å². The van der Waals surface area contributed by atoms with Crippen LogP contribution in [0.4, 0.5) is 11.4 Å². The predicted molar refractivity (Wildman–Crippen MR) is 77.4 cm³/mol. The smallest absolute Gasteiger partial charge is 0.157 e. The van der Waals surface area contributed by atoms with E-state index in [9.17, 15) is 0 Å². The van der Waals surface area contributed by atoms with Gasteiger partial charge in [0.1, 0.15) is 11.5 Å². The molecule has 0 unspecified atom stereocenters. The van der Waals surface area contributed by atoms with Gasteiger partial charge in [-0.05, 0) is 36.6 Å². The van der Waals surface area contributed by atoms with Gasteiger partial charge in [0.25, 0.3) is 0 Å². The Labute approximate surface area is 111 Å². The number of rotatable bonds is 1. The largest absolute Gasteiger partial charge is 0.462 e. The van der Waals surface area contributed by atoms with Crippen LogP contribution in [0.1, 0.15) is 17.7 Å². The summed E-state index contributed by atoms with van der Waals surface area (Å²) < 4.78 is 5.71. The average molecular weight is 250 g/mol. The molecular weight excluding hydrogens is 236 g/mol. The maximum absolute atomic E-state index is 5.71. The Balaban J connectivity index is 1.84. The molecule has 0 radical (unpaired) electrons. The molecule has 2 aromatic carbocycles. The Morgan fingerprint density at radius 2 is 1.58 bits per heavy atom. The van der Waals surface area contributed by atoms with Crippen LogP contribution in [-0.4, -0.2) is 0 Å². The molecule has 3 nitrogen and oxygen atoms in total. The number of furan rings is 1. The lowest BCUT2D eigenvalue weighted by molar-refractivity contribution is 0.469. The lowest BCUT2D eigenvalue weighted by atomic mass is 10.0. The number of nitrogens with one attached hydrogen (secondary N) is 2. The summed E-state index contributed by atoms with van der Waals surface area (Å²) >= 11 is 0. The van der Waals surface area contributed by atoms with Gasteiger partial charge in [0, 0.05) is 16.8 Å². The second-order valence-corrected chi connectivity index (χ2v) is 4.88. The van der Waals surface area contributed by atoms with Gasteiger partial charge < -0.3 is 15.1 Å². The van der Waals surface area contributed by atoms with Gasteiger partial charge in [-0.1, -0.05) is 24.3 Å². The zero-order valence-electron chi connectivity index (χ0n) is 10.6. The van der Waals surface area contributed by atoms with Crippen LogP contribution in [0.5, 0.6) is 0 Å². The van der Waals surface area contributed by atoms with Crippen LogP contribution in [0.25, 0.3) is 10.8 Å². The van der Waals surface area contributed by atoms with Gasteiger partial charge in [0.2, 0.25) is 0 Å². The minimum absolute atomic E-state index is 0.0193. The van der Waals surface area contributed by atoms with Gasteiger partial charge in [-0.15, -0.1) is 0 Å². The summed E-state index contributed by atoms with van der Waals surface area (Å²) in [6.45, 7) is 1.96. The first-order valence-corrected chi connectivity index (χ1v) is 6.42. The molecule has 19 heavy (non-hydrogen) atoms. The maximum Gasteiger partial charge on any atom is 0.157 e. The first kappa shape index (κ1) is 10.5. The summed E-state index contributed by atoms with van der Waals surface area (Å²) in [5.74, 6) is 1.83. The number of hydrogen-bond donors (Lipinski definition) is 2. The molecule has 0 saturated carbocycles. The lowest BCUT2D eigenvalue weighted by Crippen LogP contribution is -2.23. The molecule has 1 aromatic heterocycles. The number of anilines is 2. The third-order valence-corrected chi connectivity index (χ3v) is 3.55. The van der Waals surface area contributed by atoms with Crippen molar-refractivity contribution in [3.8, 4) is 0 Å². The highest BCUT2D eigenvalue weighted by Gasteiger charge is 2.22. The molecule has 3 heteroatoms. The molecule has 0 aliphatic carbocycles. The van der Waals surface area contributed by atoms with E-state index in [1.165, 1.54) is 10.8 Å². The fraction of sp³-hybridized carbons (Fsp3) is 0.125. The molecule has 3 aromatic rings. The van der Waals surface area contributed by atoms with Gasteiger partial charge in [0.05, 0.1) is 0 Å². The van der Waals surface area contributed by atoms with Crippen LogP contribution >= 0.6 is 0 Å². The molecule has 0 atom stereocenters. The Morgan fingerprint density at radius 1 is 0.895 bits per heavy atom. The van der Waals surface area contributed by atoms with Crippen molar-refractivity contribution in [2.24, 2.45) is 0 Å². The first-order chi connectivity index (χ1) is 9.31. The Kier molecular flexibility index (Phi) is 2.09. The van der Waals surface area contributed by atoms with Crippen LogP contribution in [0.15, 0.2) is 52.9 Å². The van der Waals surface area contributed by atoms with Crippen LogP contribution in [0, 0.1) is 6.92 Å². The first-order valence-electron chi connectivity index (χ1n) is 6.42. The summed E-state index contributed by atoms with van der Waals surface area (Å²) in [7, 11) is 0. The van der Waals surface area contributed by atoms with Crippen molar-refractivity contribution in [2.45, 2.75) is 13.1 Å². The molecule has 2 heterocycles. The summed E-state index contributed by atoms with van der Waals surface area (Å²) in [6.07, 6.45) is -0.0193. The zero-order valence-corrected chi connectivity index (χ0v) is 10.6. The SMILES string of the molecule is Cc1ccc(C2Nc3cccc4cccc(c34)N2)o1. The molecule has 1 aliphatic rings. The molecule has 0 spiro atoms. The normalized spacial score (nSPS) is 14.2. The Morgan fingerprint density at radius 3 is 2.16 bits per heavy atom. The van der Waals surface area contributed by atoms with E-state index in [2.05, 4.69) is 47.0 Å². The molecule has 0 saturated heterocycles. The van der Waals surface area contributed by atoms with Crippen molar-refractivity contribution >= 4 is 22.1 Å². The van der Waals surface area contributed by atoms with E-state index < -0.39 is 0 Å². The van der Waals surface area contributed by atoms with Crippen molar-refractivity contribution in [2.75, 3.05) is 10.6 Å². The van der Waals surface area contributed by atoms with E-state index in [0.29, 0.717) is 0 Å². The number of benzene rings is 2. The van der Waals surface area contributed by atoms with E-state index >= 15 is 0 Å². The van der Waals surface area contributed by atoms with Crippen LogP contribution in [0.2, 0.25) is 0 Å². The van der Waals surface area contributed by atoms with E-state index in [1.54, 1.807) is 0 Å². The van der Waals surface area contributed by atoms with Crippen LogP contribution in [0.3, 0.4) is 0 Å². The van der Waals surface area contributed by atoms with Crippen molar-refractivity contribution < 1.29 is 4.42 Å². The fourth-order valence-electron chi connectivity index (χ4n) is 2.68. The number of hydrogen-bond acceptors (Lipinski definition) is 3. The Hall–Kier alpha value is -2.42. The second kappa shape index (κ2) is 3.79. The lowest BCUT2D eigenvalue weighted by Gasteiger charge is -2.28. The number of aryl methyl sites for hydroxylation is 1. The van der Waals surface area contributed by atoms with E-state index in [0.717, 1.165) is 22.9 Å².